The molecule has 2 aromatic heterocycles. The lowest BCUT2D eigenvalue weighted by Crippen LogP contribution is -2.54. The van der Waals surface area contributed by atoms with Gasteiger partial charge >= 0.3 is 0 Å². The van der Waals surface area contributed by atoms with Crippen LogP contribution in [0.1, 0.15) is 12.8 Å². The van der Waals surface area contributed by atoms with Crippen molar-refractivity contribution in [2.75, 3.05) is 28.6 Å². The van der Waals surface area contributed by atoms with Crippen molar-refractivity contribution in [1.29, 1.82) is 0 Å². The van der Waals surface area contributed by atoms with Crippen molar-refractivity contribution >= 4 is 33.3 Å². The Morgan fingerprint density at radius 3 is 2.55 bits per heavy atom. The number of hydrogen-bond donors (Lipinski definition) is 2. The summed E-state index contributed by atoms with van der Waals surface area (Å²) in [5, 5.41) is 18.5. The van der Waals surface area contributed by atoms with Gasteiger partial charge in [-0.1, -0.05) is 12.1 Å². The Labute approximate surface area is 176 Å². The quantitative estimate of drug-likeness (QED) is 0.583. The minimum atomic E-state index is 0.178. The van der Waals surface area contributed by atoms with E-state index in [1.807, 2.05) is 24.3 Å². The van der Waals surface area contributed by atoms with Crippen molar-refractivity contribution in [2.45, 2.75) is 24.9 Å². The van der Waals surface area contributed by atoms with E-state index in [9.17, 15) is 5.11 Å². The summed E-state index contributed by atoms with van der Waals surface area (Å²) >= 11 is 3.37. The number of phenols is 1. The lowest BCUT2D eigenvalue weighted by molar-refractivity contribution is 0.477. The average molecular weight is 454 g/mol. The number of anilines is 3. The molecule has 2 aliphatic heterocycles. The van der Waals surface area contributed by atoms with Crippen LogP contribution >= 0.6 is 15.9 Å². The van der Waals surface area contributed by atoms with Crippen LogP contribution in [0.25, 0.3) is 11.3 Å². The van der Waals surface area contributed by atoms with Gasteiger partial charge in [-0.05, 0) is 53.0 Å². The first kappa shape index (κ1) is 18.1. The first-order valence-electron chi connectivity index (χ1n) is 9.53. The zero-order valence-corrected chi connectivity index (χ0v) is 17.2. The van der Waals surface area contributed by atoms with Crippen molar-refractivity contribution in [2.24, 2.45) is 0 Å². The first-order valence-corrected chi connectivity index (χ1v) is 10.3. The number of rotatable bonds is 3. The van der Waals surface area contributed by atoms with Gasteiger partial charge in [0.05, 0.1) is 11.4 Å². The molecule has 2 unspecified atom stereocenters. The molecule has 2 bridgehead atoms. The van der Waals surface area contributed by atoms with Crippen molar-refractivity contribution in [1.82, 2.24) is 20.2 Å². The number of nitrogen functional groups attached to an aromatic ring is 1. The summed E-state index contributed by atoms with van der Waals surface area (Å²) in [6, 6.07) is 11.7. The fourth-order valence-corrected chi connectivity index (χ4v) is 4.71. The summed E-state index contributed by atoms with van der Waals surface area (Å²) in [6.45, 7) is 1.66. The molecule has 2 atom stereocenters. The van der Waals surface area contributed by atoms with Gasteiger partial charge in [-0.15, -0.1) is 10.2 Å². The van der Waals surface area contributed by atoms with Crippen LogP contribution in [0.5, 0.6) is 5.75 Å². The van der Waals surface area contributed by atoms with Crippen molar-refractivity contribution < 1.29 is 5.11 Å². The number of para-hydroxylation sites is 1. The van der Waals surface area contributed by atoms with Crippen LogP contribution in [-0.4, -0.2) is 50.4 Å². The summed E-state index contributed by atoms with van der Waals surface area (Å²) in [7, 11) is 0. The molecule has 0 saturated carbocycles. The molecule has 0 amide bonds. The predicted octanol–water partition coefficient (Wildman–Crippen LogP) is 2.84. The number of benzene rings is 1. The maximum atomic E-state index is 10.2. The van der Waals surface area contributed by atoms with Gasteiger partial charge in [0, 0.05) is 36.9 Å². The fraction of sp³-hybridized carbons (Fsp3) is 0.300. The van der Waals surface area contributed by atoms with Gasteiger partial charge in [0.1, 0.15) is 11.6 Å². The monoisotopic (exact) mass is 453 g/mol. The van der Waals surface area contributed by atoms with Crippen LogP contribution in [0.4, 0.5) is 17.3 Å². The van der Waals surface area contributed by atoms with Gasteiger partial charge in [0.25, 0.3) is 0 Å². The van der Waals surface area contributed by atoms with Crippen LogP contribution in [0.3, 0.4) is 0 Å². The zero-order valence-electron chi connectivity index (χ0n) is 15.6. The largest absolute Gasteiger partial charge is 0.507 e. The Morgan fingerprint density at radius 1 is 1.07 bits per heavy atom. The van der Waals surface area contributed by atoms with E-state index in [1.54, 1.807) is 18.3 Å². The third-order valence-corrected chi connectivity index (χ3v) is 6.06. The molecular formula is C20H20BrN7O. The highest BCUT2D eigenvalue weighted by atomic mass is 79.9. The number of nitrogens with two attached hydrogens (primary N) is 1. The molecule has 2 aliphatic rings. The maximum Gasteiger partial charge on any atom is 0.198 e. The molecule has 1 aromatic carbocycles. The lowest BCUT2D eigenvalue weighted by atomic mass is 10.1. The van der Waals surface area contributed by atoms with Crippen LogP contribution in [0, 0.1) is 0 Å². The van der Waals surface area contributed by atoms with Crippen LogP contribution < -0.4 is 15.5 Å². The smallest absolute Gasteiger partial charge is 0.198 e. The van der Waals surface area contributed by atoms with Gasteiger partial charge < -0.3 is 20.6 Å². The number of hydrogen-bond acceptors (Lipinski definition) is 8. The topological polar surface area (TPSA) is 104 Å². The maximum absolute atomic E-state index is 10.2. The summed E-state index contributed by atoms with van der Waals surface area (Å²) in [5.41, 5.74) is 8.31. The number of aromatic hydroxyl groups is 1. The van der Waals surface area contributed by atoms with Crippen molar-refractivity contribution in [3.63, 3.8) is 0 Å². The van der Waals surface area contributed by atoms with Crippen LogP contribution in [0.2, 0.25) is 0 Å². The number of fused-ring (bicyclic) bond motifs is 2. The van der Waals surface area contributed by atoms with Crippen molar-refractivity contribution in [3.05, 3.63) is 47.3 Å². The SMILES string of the molecule is Nc1nnc(-c2ccccc2O)cc1N1CC2CCC(C1)N2c1ccnc(Br)n1. The lowest BCUT2D eigenvalue weighted by Gasteiger charge is -2.42. The molecular weight excluding hydrogens is 434 g/mol. The van der Waals surface area contributed by atoms with E-state index in [0.717, 1.165) is 37.4 Å². The highest BCUT2D eigenvalue weighted by Crippen LogP contribution is 2.38. The van der Waals surface area contributed by atoms with E-state index in [1.165, 1.54) is 0 Å². The van der Waals surface area contributed by atoms with E-state index in [-0.39, 0.29) is 5.75 Å². The second-order valence-corrected chi connectivity index (χ2v) is 8.11. The third-order valence-electron chi connectivity index (χ3n) is 5.68. The predicted molar refractivity (Wildman–Crippen MR) is 115 cm³/mol. The van der Waals surface area contributed by atoms with Crippen LogP contribution in [-0.2, 0) is 0 Å². The molecule has 9 heteroatoms. The molecule has 3 aromatic rings. The molecule has 0 spiro atoms. The first-order chi connectivity index (χ1) is 14.1. The standard InChI is InChI=1S/C20H20BrN7O/c21-20-23-8-7-18(24-20)28-12-5-6-13(28)11-27(10-12)16-9-15(25-26-19(16)22)14-3-1-2-4-17(14)29/h1-4,7-9,12-13,29H,5-6,10-11H2,(H2,22,26). The number of halogens is 1. The Hall–Kier alpha value is -2.94. The van der Waals surface area contributed by atoms with E-state index in [4.69, 9.17) is 5.73 Å². The molecule has 2 fully saturated rings. The number of piperazine rings is 1. The Balaban J connectivity index is 1.45. The minimum absolute atomic E-state index is 0.178. The molecule has 0 aliphatic carbocycles. The zero-order chi connectivity index (χ0) is 20.0. The average Bonchev–Trinajstić information content (AvgIpc) is 2.98. The van der Waals surface area contributed by atoms with Gasteiger partial charge in [-0.3, -0.25) is 0 Å². The summed E-state index contributed by atoms with van der Waals surface area (Å²) in [6.07, 6.45) is 3.99. The second kappa shape index (κ2) is 7.14. The highest BCUT2D eigenvalue weighted by Gasteiger charge is 2.41. The van der Waals surface area contributed by atoms with E-state index >= 15 is 0 Å². The molecule has 4 heterocycles. The normalized spacial score (nSPS) is 20.9. The highest BCUT2D eigenvalue weighted by molar-refractivity contribution is 9.10. The second-order valence-electron chi connectivity index (χ2n) is 7.40. The Kier molecular flexibility index (Phi) is 4.46. The Bertz CT molecular complexity index is 1050. The van der Waals surface area contributed by atoms with Gasteiger partial charge in [-0.2, -0.15) is 0 Å². The van der Waals surface area contributed by atoms with Gasteiger partial charge in [0.2, 0.25) is 0 Å². The van der Waals surface area contributed by atoms with E-state index in [2.05, 4.69) is 45.9 Å². The van der Waals surface area contributed by atoms with Gasteiger partial charge in [0.15, 0.2) is 10.6 Å². The van der Waals surface area contributed by atoms with E-state index in [0.29, 0.717) is 33.9 Å². The molecule has 2 saturated heterocycles. The fourth-order valence-electron chi connectivity index (χ4n) is 4.41. The molecule has 5 rings (SSSR count). The van der Waals surface area contributed by atoms with Crippen LogP contribution in [0.15, 0.2) is 47.3 Å². The van der Waals surface area contributed by atoms with Gasteiger partial charge in [-0.25, -0.2) is 9.97 Å². The third kappa shape index (κ3) is 3.25. The molecule has 0 radical (unpaired) electrons. The molecule has 29 heavy (non-hydrogen) atoms. The molecule has 8 nitrogen and oxygen atoms in total. The van der Waals surface area contributed by atoms with E-state index < -0.39 is 0 Å². The minimum Gasteiger partial charge on any atom is -0.507 e. The summed E-state index contributed by atoms with van der Waals surface area (Å²) in [4.78, 5) is 13.4. The summed E-state index contributed by atoms with van der Waals surface area (Å²) < 4.78 is 0.603. The summed E-state index contributed by atoms with van der Waals surface area (Å²) in [5.74, 6) is 1.54. The number of aromatic nitrogens is 4. The Morgan fingerprint density at radius 2 is 1.83 bits per heavy atom. The number of nitrogens with zero attached hydrogens (tertiary/aromatic N) is 6. The van der Waals surface area contributed by atoms with Crippen molar-refractivity contribution in [3.8, 4) is 17.0 Å². The number of phenolic OH excluding ortho intramolecular Hbond substituents is 1. The molecule has 148 valence electrons. The molecule has 3 N–H and O–H groups in total.